The summed E-state index contributed by atoms with van der Waals surface area (Å²) in [5.74, 6) is 2.08. The molecule has 0 atom stereocenters. The SMILES string of the molecule is COCCc1nc(-c2ccc3c(c2)N(CCOc2ccc(OC)cc2)C(=O)CO3)cs1. The standard InChI is InChI=1S/C23H24N2O5S/c1-27-11-9-22-24-19(15-31-22)16-3-8-21-20(13-16)25(23(26)14-30-21)10-12-29-18-6-4-17(28-2)5-7-18/h3-8,13,15H,9-12,14H2,1-2H3. The van der Waals surface area contributed by atoms with Gasteiger partial charge in [0, 0.05) is 24.5 Å². The Morgan fingerprint density at radius 1 is 1.10 bits per heavy atom. The van der Waals surface area contributed by atoms with Crippen molar-refractivity contribution >= 4 is 22.9 Å². The van der Waals surface area contributed by atoms with Gasteiger partial charge >= 0.3 is 0 Å². The quantitative estimate of drug-likeness (QED) is 0.504. The number of ether oxygens (including phenoxy) is 4. The molecule has 1 aliphatic rings. The van der Waals surface area contributed by atoms with Gasteiger partial charge in [-0.1, -0.05) is 0 Å². The average Bonchev–Trinajstić information content (AvgIpc) is 3.28. The smallest absolute Gasteiger partial charge is 0.265 e. The monoisotopic (exact) mass is 440 g/mol. The number of rotatable bonds is 9. The van der Waals surface area contributed by atoms with Crippen LogP contribution in [-0.4, -0.2) is 51.5 Å². The third-order valence-electron chi connectivity index (χ3n) is 4.91. The molecule has 0 unspecified atom stereocenters. The molecule has 2 aromatic carbocycles. The van der Waals surface area contributed by atoms with Gasteiger partial charge in [0.15, 0.2) is 6.61 Å². The Bertz CT molecular complexity index is 1030. The second-order valence-corrected chi connectivity index (χ2v) is 7.85. The second-order valence-electron chi connectivity index (χ2n) is 6.91. The maximum absolute atomic E-state index is 12.6. The first-order valence-corrected chi connectivity index (χ1v) is 10.8. The van der Waals surface area contributed by atoms with E-state index < -0.39 is 0 Å². The second kappa shape index (κ2) is 9.80. The molecule has 4 rings (SSSR count). The van der Waals surface area contributed by atoms with E-state index in [2.05, 4.69) is 4.98 Å². The Hall–Kier alpha value is -3.10. The van der Waals surface area contributed by atoms with Crippen molar-refractivity contribution in [3.8, 4) is 28.5 Å². The van der Waals surface area contributed by atoms with Crippen molar-refractivity contribution in [2.24, 2.45) is 0 Å². The van der Waals surface area contributed by atoms with Crippen LogP contribution in [0.15, 0.2) is 47.8 Å². The number of fused-ring (bicyclic) bond motifs is 1. The number of hydrogen-bond donors (Lipinski definition) is 0. The minimum absolute atomic E-state index is 0.0206. The van der Waals surface area contributed by atoms with Crippen LogP contribution in [0.2, 0.25) is 0 Å². The van der Waals surface area contributed by atoms with Gasteiger partial charge in [0.2, 0.25) is 0 Å². The summed E-state index contributed by atoms with van der Waals surface area (Å²) >= 11 is 1.61. The number of carbonyl (C=O) groups excluding carboxylic acids is 1. The maximum atomic E-state index is 12.6. The van der Waals surface area contributed by atoms with Gasteiger partial charge in [-0.25, -0.2) is 4.98 Å². The maximum Gasteiger partial charge on any atom is 0.265 e. The van der Waals surface area contributed by atoms with Crippen LogP contribution in [0.5, 0.6) is 17.2 Å². The van der Waals surface area contributed by atoms with Crippen molar-refractivity contribution < 1.29 is 23.7 Å². The van der Waals surface area contributed by atoms with Gasteiger partial charge in [-0.2, -0.15) is 0 Å². The zero-order valence-corrected chi connectivity index (χ0v) is 18.3. The van der Waals surface area contributed by atoms with Crippen LogP contribution < -0.4 is 19.1 Å². The molecule has 1 aliphatic heterocycles. The summed E-state index contributed by atoms with van der Waals surface area (Å²) in [5.41, 5.74) is 2.56. The Kier molecular flexibility index (Phi) is 6.69. The number of aromatic nitrogens is 1. The number of methoxy groups -OCH3 is 2. The van der Waals surface area contributed by atoms with Crippen LogP contribution in [-0.2, 0) is 16.0 Å². The number of thiazole rings is 1. The van der Waals surface area contributed by atoms with Crippen LogP contribution in [0.25, 0.3) is 11.3 Å². The van der Waals surface area contributed by atoms with Gasteiger partial charge in [0.25, 0.3) is 5.91 Å². The molecule has 2 heterocycles. The summed E-state index contributed by atoms with van der Waals surface area (Å²) < 4.78 is 21.7. The van der Waals surface area contributed by atoms with Crippen LogP contribution in [0.1, 0.15) is 5.01 Å². The van der Waals surface area contributed by atoms with E-state index in [1.807, 2.05) is 47.8 Å². The van der Waals surface area contributed by atoms with Gasteiger partial charge in [0.1, 0.15) is 23.9 Å². The van der Waals surface area contributed by atoms with E-state index in [1.54, 1.807) is 30.5 Å². The van der Waals surface area contributed by atoms with Gasteiger partial charge in [-0.15, -0.1) is 11.3 Å². The Labute approximate surface area is 185 Å². The summed E-state index contributed by atoms with van der Waals surface area (Å²) in [7, 11) is 3.31. The van der Waals surface area contributed by atoms with Crippen LogP contribution in [0.3, 0.4) is 0 Å². The molecule has 3 aromatic rings. The third-order valence-corrected chi connectivity index (χ3v) is 5.82. The Morgan fingerprint density at radius 2 is 1.90 bits per heavy atom. The number of carbonyl (C=O) groups is 1. The number of hydrogen-bond acceptors (Lipinski definition) is 7. The molecule has 0 spiro atoms. The zero-order chi connectivity index (χ0) is 21.6. The lowest BCUT2D eigenvalue weighted by molar-refractivity contribution is -0.121. The van der Waals surface area contributed by atoms with Crippen molar-refractivity contribution in [3.63, 3.8) is 0 Å². The van der Waals surface area contributed by atoms with E-state index in [1.165, 1.54) is 0 Å². The molecule has 0 fully saturated rings. The highest BCUT2D eigenvalue weighted by atomic mass is 32.1. The largest absolute Gasteiger partial charge is 0.497 e. The molecule has 162 valence electrons. The zero-order valence-electron chi connectivity index (χ0n) is 17.5. The molecule has 0 bridgehead atoms. The highest BCUT2D eigenvalue weighted by Crippen LogP contribution is 2.36. The highest BCUT2D eigenvalue weighted by Gasteiger charge is 2.26. The van der Waals surface area contributed by atoms with Gasteiger partial charge in [-0.3, -0.25) is 4.79 Å². The lowest BCUT2D eigenvalue weighted by Gasteiger charge is -2.29. The normalized spacial score (nSPS) is 13.0. The van der Waals surface area contributed by atoms with Crippen molar-refractivity contribution in [1.82, 2.24) is 4.98 Å². The number of benzene rings is 2. The molecular weight excluding hydrogens is 416 g/mol. The van der Waals surface area contributed by atoms with Gasteiger partial charge < -0.3 is 23.8 Å². The summed E-state index contributed by atoms with van der Waals surface area (Å²) in [6.07, 6.45) is 0.780. The molecule has 31 heavy (non-hydrogen) atoms. The van der Waals surface area contributed by atoms with E-state index in [4.69, 9.17) is 18.9 Å². The van der Waals surface area contributed by atoms with E-state index in [0.29, 0.717) is 25.5 Å². The van der Waals surface area contributed by atoms with E-state index >= 15 is 0 Å². The summed E-state index contributed by atoms with van der Waals surface area (Å²) in [6, 6.07) is 13.2. The molecular formula is C23H24N2O5S. The minimum atomic E-state index is -0.0953. The van der Waals surface area contributed by atoms with Crippen molar-refractivity contribution in [2.45, 2.75) is 6.42 Å². The molecule has 0 N–H and O–H groups in total. The van der Waals surface area contributed by atoms with E-state index in [9.17, 15) is 4.79 Å². The lowest BCUT2D eigenvalue weighted by Crippen LogP contribution is -2.41. The molecule has 0 aliphatic carbocycles. The molecule has 1 aromatic heterocycles. The summed E-state index contributed by atoms with van der Waals surface area (Å²) in [5, 5.41) is 3.04. The highest BCUT2D eigenvalue weighted by molar-refractivity contribution is 7.09. The predicted molar refractivity (Wildman–Crippen MR) is 119 cm³/mol. The Balaban J connectivity index is 1.47. The first-order valence-electron chi connectivity index (χ1n) is 9.95. The topological polar surface area (TPSA) is 70.1 Å². The van der Waals surface area contributed by atoms with Crippen LogP contribution >= 0.6 is 11.3 Å². The van der Waals surface area contributed by atoms with E-state index in [-0.39, 0.29) is 12.5 Å². The fourth-order valence-electron chi connectivity index (χ4n) is 3.28. The molecule has 0 saturated carbocycles. The first kappa shape index (κ1) is 21.1. The minimum Gasteiger partial charge on any atom is -0.497 e. The van der Waals surface area contributed by atoms with Gasteiger partial charge in [-0.05, 0) is 42.5 Å². The fourth-order valence-corrected chi connectivity index (χ4v) is 4.07. The van der Waals surface area contributed by atoms with Gasteiger partial charge in [0.05, 0.1) is 36.7 Å². The third kappa shape index (κ3) is 4.98. The molecule has 0 saturated heterocycles. The van der Waals surface area contributed by atoms with E-state index in [0.717, 1.165) is 39.9 Å². The predicted octanol–water partition coefficient (Wildman–Crippen LogP) is 3.81. The fraction of sp³-hybridized carbons (Fsp3) is 0.304. The van der Waals surface area contributed by atoms with Crippen LogP contribution in [0, 0.1) is 0 Å². The number of amides is 1. The average molecular weight is 441 g/mol. The molecule has 7 nitrogen and oxygen atoms in total. The van der Waals surface area contributed by atoms with Crippen molar-refractivity contribution in [3.05, 3.63) is 52.9 Å². The Morgan fingerprint density at radius 3 is 2.68 bits per heavy atom. The van der Waals surface area contributed by atoms with Crippen LogP contribution in [0.4, 0.5) is 5.69 Å². The lowest BCUT2D eigenvalue weighted by atomic mass is 10.1. The molecule has 1 amide bonds. The molecule has 8 heteroatoms. The summed E-state index contributed by atoms with van der Waals surface area (Å²) in [6.45, 7) is 1.44. The number of anilines is 1. The summed E-state index contributed by atoms with van der Waals surface area (Å²) in [4.78, 5) is 19.0. The number of nitrogens with zero attached hydrogens (tertiary/aromatic N) is 2. The molecule has 0 radical (unpaired) electrons. The first-order chi connectivity index (χ1) is 15.2. The van der Waals surface area contributed by atoms with Crippen molar-refractivity contribution in [2.75, 3.05) is 45.5 Å². The van der Waals surface area contributed by atoms with Crippen molar-refractivity contribution in [1.29, 1.82) is 0 Å².